The highest BCUT2D eigenvalue weighted by Gasteiger charge is 2.19. The number of pyridine rings is 1. The molecule has 0 atom stereocenters. The molecule has 5 rings (SSSR count). The molecule has 2 aromatic carbocycles. The summed E-state index contributed by atoms with van der Waals surface area (Å²) in [6.07, 6.45) is 4.93. The van der Waals surface area contributed by atoms with E-state index in [4.69, 9.17) is 4.74 Å². The number of imidazole rings is 1. The molecule has 0 spiro atoms. The van der Waals surface area contributed by atoms with Crippen LogP contribution in [0.15, 0.2) is 71.8 Å². The summed E-state index contributed by atoms with van der Waals surface area (Å²) in [6, 6.07) is 16.0. The van der Waals surface area contributed by atoms with E-state index in [9.17, 15) is 9.18 Å². The summed E-state index contributed by atoms with van der Waals surface area (Å²) in [5, 5.41) is 14.2. The predicted octanol–water partition coefficient (Wildman–Crippen LogP) is 4.03. The van der Waals surface area contributed by atoms with Crippen LogP contribution in [-0.2, 0) is 13.0 Å². The molecule has 5 aromatic rings. The maximum absolute atomic E-state index is 14.7. The van der Waals surface area contributed by atoms with Crippen LogP contribution >= 0.6 is 0 Å². The first-order valence-corrected chi connectivity index (χ1v) is 11.5. The molecular formula is C26H24FN7O2. The third-order valence-electron chi connectivity index (χ3n) is 5.94. The zero-order valence-corrected chi connectivity index (χ0v) is 19.8. The number of methoxy groups -OCH3 is 1. The first-order chi connectivity index (χ1) is 17.6. The number of aromatic amines is 1. The minimum absolute atomic E-state index is 0.112. The van der Waals surface area contributed by atoms with Gasteiger partial charge in [-0.2, -0.15) is 5.21 Å². The van der Waals surface area contributed by atoms with Crippen LogP contribution in [0.4, 0.5) is 4.39 Å². The SMILES string of the molecule is CCCc1cn(-c2c(F)cccc2OC)c(=O)n1Cc1ccc(-c2ncccc2-c2nn[nH]n2)cc1. The van der Waals surface area contributed by atoms with E-state index in [0.717, 1.165) is 34.5 Å². The summed E-state index contributed by atoms with van der Waals surface area (Å²) in [6.45, 7) is 2.39. The summed E-state index contributed by atoms with van der Waals surface area (Å²) in [7, 11) is 1.46. The monoisotopic (exact) mass is 485 g/mol. The molecule has 0 fully saturated rings. The second-order valence-corrected chi connectivity index (χ2v) is 8.23. The fourth-order valence-electron chi connectivity index (χ4n) is 4.25. The lowest BCUT2D eigenvalue weighted by molar-refractivity contribution is 0.408. The number of ether oxygens (including phenoxy) is 1. The average molecular weight is 486 g/mol. The zero-order chi connectivity index (χ0) is 25.1. The lowest BCUT2D eigenvalue weighted by Crippen LogP contribution is -2.25. The Balaban J connectivity index is 1.50. The fourth-order valence-corrected chi connectivity index (χ4v) is 4.25. The number of tetrazole rings is 1. The maximum atomic E-state index is 14.7. The van der Waals surface area contributed by atoms with Crippen molar-refractivity contribution >= 4 is 0 Å². The molecule has 0 aliphatic carbocycles. The maximum Gasteiger partial charge on any atom is 0.333 e. The number of aromatic nitrogens is 7. The molecule has 0 aliphatic rings. The molecular weight excluding hydrogens is 461 g/mol. The van der Waals surface area contributed by atoms with Crippen LogP contribution in [0.3, 0.4) is 0 Å². The van der Waals surface area contributed by atoms with E-state index >= 15 is 0 Å². The van der Waals surface area contributed by atoms with Crippen LogP contribution in [0.1, 0.15) is 24.6 Å². The van der Waals surface area contributed by atoms with Crippen molar-refractivity contribution < 1.29 is 9.13 Å². The molecule has 0 aliphatic heterocycles. The van der Waals surface area contributed by atoms with Crippen molar-refractivity contribution in [2.75, 3.05) is 7.11 Å². The van der Waals surface area contributed by atoms with Crippen molar-refractivity contribution in [1.29, 1.82) is 0 Å². The molecule has 182 valence electrons. The Morgan fingerprint density at radius 3 is 2.64 bits per heavy atom. The van der Waals surface area contributed by atoms with Crippen molar-refractivity contribution in [2.24, 2.45) is 0 Å². The number of hydrogen-bond acceptors (Lipinski definition) is 6. The van der Waals surface area contributed by atoms with Gasteiger partial charge in [-0.15, -0.1) is 10.2 Å². The molecule has 0 saturated carbocycles. The number of halogens is 1. The number of benzene rings is 2. The molecule has 10 heteroatoms. The molecule has 0 unspecified atom stereocenters. The van der Waals surface area contributed by atoms with Crippen molar-refractivity contribution in [3.05, 3.63) is 94.5 Å². The highest BCUT2D eigenvalue weighted by molar-refractivity contribution is 5.76. The van der Waals surface area contributed by atoms with Gasteiger partial charge in [0, 0.05) is 29.2 Å². The highest BCUT2D eigenvalue weighted by Crippen LogP contribution is 2.28. The van der Waals surface area contributed by atoms with Gasteiger partial charge in [0.25, 0.3) is 0 Å². The van der Waals surface area contributed by atoms with E-state index in [-0.39, 0.29) is 11.4 Å². The Labute approximate surface area is 206 Å². The van der Waals surface area contributed by atoms with Gasteiger partial charge in [0.2, 0.25) is 5.82 Å². The van der Waals surface area contributed by atoms with E-state index in [2.05, 4.69) is 25.6 Å². The predicted molar refractivity (Wildman–Crippen MR) is 132 cm³/mol. The summed E-state index contributed by atoms with van der Waals surface area (Å²) in [4.78, 5) is 17.9. The van der Waals surface area contributed by atoms with Crippen molar-refractivity contribution in [2.45, 2.75) is 26.3 Å². The number of H-pyrrole nitrogens is 1. The van der Waals surface area contributed by atoms with Gasteiger partial charge in [0.1, 0.15) is 11.4 Å². The summed E-state index contributed by atoms with van der Waals surface area (Å²) in [5.41, 5.74) is 3.91. The van der Waals surface area contributed by atoms with Gasteiger partial charge in [0.05, 0.1) is 19.3 Å². The van der Waals surface area contributed by atoms with Gasteiger partial charge in [-0.25, -0.2) is 9.18 Å². The largest absolute Gasteiger partial charge is 0.494 e. The minimum Gasteiger partial charge on any atom is -0.494 e. The van der Waals surface area contributed by atoms with Gasteiger partial charge in [-0.1, -0.05) is 43.7 Å². The second-order valence-electron chi connectivity index (χ2n) is 8.23. The Morgan fingerprint density at radius 2 is 1.92 bits per heavy atom. The van der Waals surface area contributed by atoms with E-state index in [1.807, 2.05) is 43.3 Å². The third kappa shape index (κ3) is 4.28. The Kier molecular flexibility index (Phi) is 6.40. The topological polar surface area (TPSA) is 104 Å². The second kappa shape index (κ2) is 9.95. The number of aryl methyl sites for hydroxylation is 1. The normalized spacial score (nSPS) is 11.1. The third-order valence-corrected chi connectivity index (χ3v) is 5.94. The minimum atomic E-state index is -0.520. The molecule has 0 saturated heterocycles. The smallest absolute Gasteiger partial charge is 0.333 e. The van der Waals surface area contributed by atoms with Gasteiger partial charge < -0.3 is 4.74 Å². The molecule has 0 radical (unpaired) electrons. The van der Waals surface area contributed by atoms with Crippen molar-refractivity contribution in [1.82, 2.24) is 34.7 Å². The molecule has 3 heterocycles. The number of nitrogens with zero attached hydrogens (tertiary/aromatic N) is 6. The van der Waals surface area contributed by atoms with E-state index in [1.54, 1.807) is 29.1 Å². The summed E-state index contributed by atoms with van der Waals surface area (Å²) >= 11 is 0. The average Bonchev–Trinajstić information content (AvgIpc) is 3.54. The Bertz CT molecular complexity index is 1540. The molecule has 9 nitrogen and oxygen atoms in total. The molecule has 0 bridgehead atoms. The molecule has 1 N–H and O–H groups in total. The quantitative estimate of drug-likeness (QED) is 0.356. The van der Waals surface area contributed by atoms with Gasteiger partial charge in [-0.05, 0) is 41.5 Å². The zero-order valence-electron chi connectivity index (χ0n) is 19.8. The van der Waals surface area contributed by atoms with E-state index in [1.165, 1.54) is 17.7 Å². The number of para-hydroxylation sites is 1. The Morgan fingerprint density at radius 1 is 1.08 bits per heavy atom. The van der Waals surface area contributed by atoms with Crippen LogP contribution in [0.25, 0.3) is 28.3 Å². The fraction of sp³-hybridized carbons (Fsp3) is 0.192. The van der Waals surface area contributed by atoms with Crippen LogP contribution in [0.5, 0.6) is 5.75 Å². The van der Waals surface area contributed by atoms with Crippen LogP contribution in [0.2, 0.25) is 0 Å². The van der Waals surface area contributed by atoms with Gasteiger partial charge >= 0.3 is 5.69 Å². The molecule has 3 aromatic heterocycles. The molecule has 0 amide bonds. The van der Waals surface area contributed by atoms with Gasteiger partial charge in [-0.3, -0.25) is 14.1 Å². The van der Waals surface area contributed by atoms with E-state index < -0.39 is 5.82 Å². The number of hydrogen-bond donors (Lipinski definition) is 1. The lowest BCUT2D eigenvalue weighted by atomic mass is 10.0. The first-order valence-electron chi connectivity index (χ1n) is 11.5. The highest BCUT2D eigenvalue weighted by atomic mass is 19.1. The van der Waals surface area contributed by atoms with Crippen molar-refractivity contribution in [3.8, 4) is 34.1 Å². The lowest BCUT2D eigenvalue weighted by Gasteiger charge is -2.10. The molecule has 36 heavy (non-hydrogen) atoms. The van der Waals surface area contributed by atoms with Crippen LogP contribution < -0.4 is 10.4 Å². The van der Waals surface area contributed by atoms with E-state index in [0.29, 0.717) is 24.5 Å². The van der Waals surface area contributed by atoms with Crippen molar-refractivity contribution in [3.63, 3.8) is 0 Å². The summed E-state index contributed by atoms with van der Waals surface area (Å²) in [5.74, 6) is 0.242. The standard InChI is InChI=1S/C26H24FN7O2/c1-3-6-19-16-34(24-21(27)8-4-9-22(24)36-2)26(35)33(19)15-17-10-12-18(13-11-17)23-20(7-5-14-28-23)25-29-31-32-30-25/h4-5,7-14,16H,3,6,15H2,1-2H3,(H,29,30,31,32). The Hall–Kier alpha value is -4.60. The first kappa shape index (κ1) is 23.2. The van der Waals surface area contributed by atoms with Crippen LogP contribution in [-0.4, -0.2) is 41.9 Å². The van der Waals surface area contributed by atoms with Gasteiger partial charge in [0.15, 0.2) is 5.82 Å². The number of rotatable bonds is 8. The summed E-state index contributed by atoms with van der Waals surface area (Å²) < 4.78 is 23.1. The van der Waals surface area contributed by atoms with Crippen LogP contribution in [0, 0.1) is 5.82 Å². The number of nitrogens with one attached hydrogen (secondary N) is 1.